The maximum atomic E-state index is 13.5. The van der Waals surface area contributed by atoms with Gasteiger partial charge in [0.05, 0.1) is 17.5 Å². The monoisotopic (exact) mass is 486 g/mol. The number of nitrogens with one attached hydrogen (secondary N) is 1. The molecular formula is C22H26F4N4O2S. The summed E-state index contributed by atoms with van der Waals surface area (Å²) in [5.41, 5.74) is -0.203. The van der Waals surface area contributed by atoms with Crippen LogP contribution in [0.25, 0.3) is 22.2 Å². The summed E-state index contributed by atoms with van der Waals surface area (Å²) in [6.07, 6.45) is -2.23. The Morgan fingerprint density at radius 2 is 1.79 bits per heavy atom. The van der Waals surface area contributed by atoms with E-state index < -0.39 is 27.8 Å². The van der Waals surface area contributed by atoms with E-state index in [2.05, 4.69) is 9.71 Å². The third-order valence-corrected chi connectivity index (χ3v) is 6.44. The van der Waals surface area contributed by atoms with Crippen LogP contribution in [0, 0.1) is 11.2 Å². The molecule has 0 amide bonds. The van der Waals surface area contributed by atoms with E-state index in [1.54, 1.807) is 18.3 Å². The van der Waals surface area contributed by atoms with Gasteiger partial charge in [0.15, 0.2) is 0 Å². The summed E-state index contributed by atoms with van der Waals surface area (Å²) in [6.45, 7) is 6.59. The Hall–Kier alpha value is -2.50. The first kappa shape index (κ1) is 25.1. The van der Waals surface area contributed by atoms with E-state index in [9.17, 15) is 26.0 Å². The predicted octanol–water partition coefficient (Wildman–Crippen LogP) is 4.80. The molecule has 3 rings (SSSR count). The van der Waals surface area contributed by atoms with Gasteiger partial charge in [0, 0.05) is 49.8 Å². The maximum Gasteiger partial charge on any atom is 0.418 e. The van der Waals surface area contributed by atoms with Crippen LogP contribution in [0.2, 0.25) is 0 Å². The minimum Gasteiger partial charge on any atom is -0.347 e. The highest BCUT2D eigenvalue weighted by atomic mass is 32.2. The molecule has 3 aromatic rings. The number of aromatic nitrogens is 2. The smallest absolute Gasteiger partial charge is 0.347 e. The molecule has 0 aliphatic rings. The number of halogens is 4. The molecule has 0 atom stereocenters. The quantitative estimate of drug-likeness (QED) is 0.509. The third kappa shape index (κ3) is 5.71. The van der Waals surface area contributed by atoms with Crippen LogP contribution in [0.1, 0.15) is 31.9 Å². The number of nitrogens with zero attached hydrogens (tertiary/aromatic N) is 3. The highest BCUT2D eigenvalue weighted by Crippen LogP contribution is 2.38. The van der Waals surface area contributed by atoms with E-state index in [4.69, 9.17) is 0 Å². The third-order valence-electron chi connectivity index (χ3n) is 4.97. The van der Waals surface area contributed by atoms with Crippen molar-refractivity contribution in [1.29, 1.82) is 0 Å². The van der Waals surface area contributed by atoms with Crippen LogP contribution in [0.5, 0.6) is 0 Å². The van der Waals surface area contributed by atoms with Gasteiger partial charge in [-0.15, -0.1) is 0 Å². The zero-order valence-corrected chi connectivity index (χ0v) is 19.8. The van der Waals surface area contributed by atoms with E-state index in [1.165, 1.54) is 20.2 Å². The summed E-state index contributed by atoms with van der Waals surface area (Å²) in [4.78, 5) is 3.72. The molecule has 1 aromatic carbocycles. The first-order valence-electron chi connectivity index (χ1n) is 10.1. The van der Waals surface area contributed by atoms with Crippen molar-refractivity contribution in [1.82, 2.24) is 18.6 Å². The summed E-state index contributed by atoms with van der Waals surface area (Å²) >= 11 is 0. The van der Waals surface area contributed by atoms with Crippen LogP contribution < -0.4 is 4.72 Å². The largest absolute Gasteiger partial charge is 0.418 e. The van der Waals surface area contributed by atoms with E-state index in [1.807, 2.05) is 25.3 Å². The van der Waals surface area contributed by atoms with E-state index in [0.29, 0.717) is 29.1 Å². The fourth-order valence-electron chi connectivity index (χ4n) is 3.48. The number of fused-ring (bicyclic) bond motifs is 1. The molecule has 0 aliphatic heterocycles. The first-order valence-corrected chi connectivity index (χ1v) is 11.5. The molecule has 0 bridgehead atoms. The van der Waals surface area contributed by atoms with Crippen LogP contribution in [-0.2, 0) is 29.5 Å². The standard InChI is InChI=1S/C22H26F4N4O2S/c1-21(2,3)13-30-12-15(10-28-33(31,32)29(4)5)17-7-6-14(8-19(17)30)20-18(22(24,25)26)9-16(23)11-27-20/h6-9,11-12,28H,10,13H2,1-5H3. The molecule has 0 saturated carbocycles. The fourth-order valence-corrected chi connectivity index (χ4v) is 4.08. The lowest BCUT2D eigenvalue weighted by atomic mass is 9.97. The Morgan fingerprint density at radius 1 is 1.12 bits per heavy atom. The van der Waals surface area contributed by atoms with E-state index in [0.717, 1.165) is 10.5 Å². The van der Waals surface area contributed by atoms with Crippen molar-refractivity contribution in [2.45, 2.75) is 40.0 Å². The fraction of sp³-hybridized carbons (Fsp3) is 0.409. The molecule has 0 spiro atoms. The molecule has 33 heavy (non-hydrogen) atoms. The van der Waals surface area contributed by atoms with Crippen LogP contribution >= 0.6 is 0 Å². The normalized spacial score (nSPS) is 13.3. The molecular weight excluding hydrogens is 460 g/mol. The minimum absolute atomic E-state index is 0.0100. The van der Waals surface area contributed by atoms with E-state index in [-0.39, 0.29) is 23.2 Å². The summed E-state index contributed by atoms with van der Waals surface area (Å²) in [7, 11) is -0.848. The average molecular weight is 487 g/mol. The van der Waals surface area contributed by atoms with Gasteiger partial charge in [-0.05, 0) is 23.1 Å². The van der Waals surface area contributed by atoms with Gasteiger partial charge in [0.2, 0.25) is 0 Å². The van der Waals surface area contributed by atoms with Gasteiger partial charge in [-0.25, -0.2) is 4.39 Å². The Labute approximate surface area is 190 Å². The molecule has 0 fully saturated rings. The van der Waals surface area contributed by atoms with Crippen molar-refractivity contribution in [3.05, 3.63) is 53.6 Å². The highest BCUT2D eigenvalue weighted by Gasteiger charge is 2.35. The molecule has 0 radical (unpaired) electrons. The number of alkyl halides is 3. The number of rotatable bonds is 6. The lowest BCUT2D eigenvalue weighted by molar-refractivity contribution is -0.137. The SMILES string of the molecule is CN(C)S(=O)(=O)NCc1cn(CC(C)(C)C)c2cc(-c3ncc(F)cc3C(F)(F)F)ccc12. The van der Waals surface area contributed by atoms with Crippen LogP contribution in [0.4, 0.5) is 17.6 Å². The summed E-state index contributed by atoms with van der Waals surface area (Å²) in [5.74, 6) is -1.07. The lowest BCUT2D eigenvalue weighted by Gasteiger charge is -2.20. The summed E-state index contributed by atoms with van der Waals surface area (Å²) < 4.78 is 83.8. The van der Waals surface area contributed by atoms with Crippen LogP contribution in [0.15, 0.2) is 36.7 Å². The molecule has 2 heterocycles. The Bertz CT molecular complexity index is 1280. The molecule has 2 aromatic heterocycles. The van der Waals surface area contributed by atoms with Crippen molar-refractivity contribution in [2.75, 3.05) is 14.1 Å². The zero-order chi connectivity index (χ0) is 24.8. The second-order valence-electron chi connectivity index (χ2n) is 9.23. The van der Waals surface area contributed by atoms with Crippen molar-refractivity contribution in [3.63, 3.8) is 0 Å². The summed E-state index contributed by atoms with van der Waals surface area (Å²) in [6, 6.07) is 5.11. The van der Waals surface area contributed by atoms with Crippen molar-refractivity contribution < 1.29 is 26.0 Å². The Balaban J connectivity index is 2.15. The second-order valence-corrected chi connectivity index (χ2v) is 11.2. The van der Waals surface area contributed by atoms with Gasteiger partial charge in [0.1, 0.15) is 5.82 Å². The molecule has 180 valence electrons. The van der Waals surface area contributed by atoms with Gasteiger partial charge >= 0.3 is 6.18 Å². The van der Waals surface area contributed by atoms with Gasteiger partial charge in [0.25, 0.3) is 10.2 Å². The van der Waals surface area contributed by atoms with Crippen molar-refractivity contribution in [2.24, 2.45) is 5.41 Å². The highest BCUT2D eigenvalue weighted by molar-refractivity contribution is 7.87. The predicted molar refractivity (Wildman–Crippen MR) is 119 cm³/mol. The Morgan fingerprint density at radius 3 is 2.36 bits per heavy atom. The van der Waals surface area contributed by atoms with E-state index >= 15 is 0 Å². The van der Waals surface area contributed by atoms with Gasteiger partial charge in [-0.1, -0.05) is 32.9 Å². The second kappa shape index (κ2) is 8.69. The van der Waals surface area contributed by atoms with Crippen LogP contribution in [0.3, 0.4) is 0 Å². The lowest BCUT2D eigenvalue weighted by Crippen LogP contribution is -2.35. The molecule has 1 N–H and O–H groups in total. The zero-order valence-electron chi connectivity index (χ0n) is 19.0. The molecule has 0 aliphatic carbocycles. The maximum absolute atomic E-state index is 13.5. The average Bonchev–Trinajstić information content (AvgIpc) is 3.01. The molecule has 0 unspecified atom stereocenters. The minimum atomic E-state index is -4.78. The first-order chi connectivity index (χ1) is 15.1. The number of hydrogen-bond acceptors (Lipinski definition) is 3. The van der Waals surface area contributed by atoms with Crippen LogP contribution in [-0.4, -0.2) is 36.4 Å². The number of pyridine rings is 1. The number of hydrogen-bond donors (Lipinski definition) is 1. The van der Waals surface area contributed by atoms with Gasteiger partial charge in [-0.3, -0.25) is 4.98 Å². The Kier molecular flexibility index (Phi) is 6.62. The summed E-state index contributed by atoms with van der Waals surface area (Å²) in [5, 5.41) is 0.695. The van der Waals surface area contributed by atoms with Crippen molar-refractivity contribution in [3.8, 4) is 11.3 Å². The van der Waals surface area contributed by atoms with Crippen molar-refractivity contribution >= 4 is 21.1 Å². The molecule has 6 nitrogen and oxygen atoms in total. The van der Waals surface area contributed by atoms with Gasteiger partial charge in [-0.2, -0.15) is 30.6 Å². The molecule has 11 heteroatoms. The van der Waals surface area contributed by atoms with Gasteiger partial charge < -0.3 is 4.57 Å². The topological polar surface area (TPSA) is 67.2 Å². The number of benzene rings is 1. The molecule has 0 saturated heterocycles.